The predicted octanol–water partition coefficient (Wildman–Crippen LogP) is 2.84. The van der Waals surface area contributed by atoms with E-state index in [4.69, 9.17) is 9.15 Å². The molecule has 0 saturated carbocycles. The summed E-state index contributed by atoms with van der Waals surface area (Å²) < 4.78 is 10.8. The van der Waals surface area contributed by atoms with Gasteiger partial charge in [0.05, 0.1) is 12.6 Å². The Bertz CT molecular complexity index is 616. The minimum absolute atomic E-state index is 0.0894. The van der Waals surface area contributed by atoms with Crippen molar-refractivity contribution in [2.75, 3.05) is 6.54 Å². The molecule has 5 heteroatoms. The number of amides is 1. The molecule has 22 heavy (non-hydrogen) atoms. The van der Waals surface area contributed by atoms with Crippen LogP contribution in [-0.2, 0) is 0 Å². The summed E-state index contributed by atoms with van der Waals surface area (Å²) in [7, 11) is 0. The summed E-state index contributed by atoms with van der Waals surface area (Å²) in [5.74, 6) is 1.63. The summed E-state index contributed by atoms with van der Waals surface area (Å²) in [6.45, 7) is 5.78. The first kappa shape index (κ1) is 16.1. The zero-order valence-corrected chi connectivity index (χ0v) is 13.0. The highest BCUT2D eigenvalue weighted by molar-refractivity contribution is 5.94. The Morgan fingerprint density at radius 2 is 1.91 bits per heavy atom. The van der Waals surface area contributed by atoms with E-state index >= 15 is 0 Å². The van der Waals surface area contributed by atoms with E-state index < -0.39 is 6.10 Å². The number of ether oxygens (including phenoxy) is 1. The number of carbonyl (C=O) groups excluding carboxylic acids is 1. The van der Waals surface area contributed by atoms with E-state index in [-0.39, 0.29) is 18.6 Å². The largest absolute Gasteiger partial charge is 0.491 e. The van der Waals surface area contributed by atoms with E-state index in [1.807, 2.05) is 13.8 Å². The van der Waals surface area contributed by atoms with Crippen LogP contribution < -0.4 is 10.1 Å². The third kappa shape index (κ3) is 4.36. The van der Waals surface area contributed by atoms with Gasteiger partial charge in [0.15, 0.2) is 0 Å². The van der Waals surface area contributed by atoms with Crippen LogP contribution in [0, 0.1) is 6.92 Å². The lowest BCUT2D eigenvalue weighted by atomic mass is 10.2. The van der Waals surface area contributed by atoms with Crippen molar-refractivity contribution in [3.63, 3.8) is 0 Å². The number of hydrogen-bond acceptors (Lipinski definition) is 4. The molecular formula is C17H21NO4. The third-order valence-corrected chi connectivity index (χ3v) is 3.03. The highest BCUT2D eigenvalue weighted by Gasteiger charge is 2.13. The highest BCUT2D eigenvalue weighted by Crippen LogP contribution is 2.16. The van der Waals surface area contributed by atoms with Gasteiger partial charge in [0.2, 0.25) is 0 Å². The van der Waals surface area contributed by atoms with E-state index in [1.54, 1.807) is 43.3 Å². The molecule has 0 saturated heterocycles. The molecular weight excluding hydrogens is 282 g/mol. The second kappa shape index (κ2) is 7.13. The number of aliphatic hydroxyl groups is 1. The van der Waals surface area contributed by atoms with Gasteiger partial charge in [0, 0.05) is 5.56 Å². The Kier molecular flexibility index (Phi) is 5.22. The normalized spacial score (nSPS) is 12.2. The first-order chi connectivity index (χ1) is 10.5. The van der Waals surface area contributed by atoms with Gasteiger partial charge in [0.25, 0.3) is 5.91 Å². The quantitative estimate of drug-likeness (QED) is 0.861. The second-order valence-corrected chi connectivity index (χ2v) is 5.37. The molecule has 0 radical (unpaired) electrons. The molecule has 1 heterocycles. The zero-order valence-electron chi connectivity index (χ0n) is 13.0. The lowest BCUT2D eigenvalue weighted by Crippen LogP contribution is -2.28. The molecule has 1 aromatic carbocycles. The van der Waals surface area contributed by atoms with Gasteiger partial charge >= 0.3 is 0 Å². The third-order valence-electron chi connectivity index (χ3n) is 3.03. The lowest BCUT2D eigenvalue weighted by Gasteiger charge is -2.11. The molecule has 1 amide bonds. The molecule has 2 aromatic rings. The molecule has 1 aromatic heterocycles. The Labute approximate surface area is 129 Å². The number of aryl methyl sites for hydroxylation is 1. The molecule has 0 aliphatic heterocycles. The lowest BCUT2D eigenvalue weighted by molar-refractivity contribution is 0.0900. The van der Waals surface area contributed by atoms with Crippen molar-refractivity contribution >= 4 is 5.91 Å². The number of hydrogen-bond donors (Lipinski definition) is 2. The molecule has 2 N–H and O–H groups in total. The van der Waals surface area contributed by atoms with Crippen LogP contribution >= 0.6 is 0 Å². The van der Waals surface area contributed by atoms with Crippen molar-refractivity contribution < 1.29 is 19.1 Å². The van der Waals surface area contributed by atoms with Gasteiger partial charge in [-0.2, -0.15) is 0 Å². The smallest absolute Gasteiger partial charge is 0.251 e. The maximum atomic E-state index is 12.0. The Morgan fingerprint density at radius 1 is 1.23 bits per heavy atom. The van der Waals surface area contributed by atoms with Gasteiger partial charge in [-0.25, -0.2) is 0 Å². The van der Waals surface area contributed by atoms with Gasteiger partial charge in [0.1, 0.15) is 23.4 Å². The van der Waals surface area contributed by atoms with E-state index in [0.29, 0.717) is 11.3 Å². The molecule has 0 spiro atoms. The van der Waals surface area contributed by atoms with Crippen molar-refractivity contribution in [2.24, 2.45) is 0 Å². The first-order valence-electron chi connectivity index (χ1n) is 7.25. The van der Waals surface area contributed by atoms with Crippen LogP contribution in [0.2, 0.25) is 0 Å². The van der Waals surface area contributed by atoms with E-state index in [1.165, 1.54) is 0 Å². The van der Waals surface area contributed by atoms with Gasteiger partial charge in [-0.05, 0) is 57.2 Å². The van der Waals surface area contributed by atoms with Crippen molar-refractivity contribution in [3.8, 4) is 5.75 Å². The average molecular weight is 303 g/mol. The van der Waals surface area contributed by atoms with Gasteiger partial charge in [-0.1, -0.05) is 0 Å². The maximum absolute atomic E-state index is 12.0. The maximum Gasteiger partial charge on any atom is 0.251 e. The standard InChI is InChI=1S/C17H21NO4/c1-11(2)21-14-7-5-13(6-8-14)17(20)18-10-15(19)16-9-4-12(3)22-16/h4-9,11,15,19H,10H2,1-3H3,(H,18,20). The average Bonchev–Trinajstić information content (AvgIpc) is 2.91. The minimum Gasteiger partial charge on any atom is -0.491 e. The summed E-state index contributed by atoms with van der Waals surface area (Å²) in [6, 6.07) is 10.4. The van der Waals surface area contributed by atoms with Crippen LogP contribution in [0.4, 0.5) is 0 Å². The van der Waals surface area contributed by atoms with Crippen LogP contribution in [0.5, 0.6) is 5.75 Å². The van der Waals surface area contributed by atoms with Gasteiger partial charge in [-0.3, -0.25) is 4.79 Å². The molecule has 2 rings (SSSR count). The fourth-order valence-electron chi connectivity index (χ4n) is 1.98. The number of carbonyl (C=O) groups is 1. The number of nitrogens with one attached hydrogen (secondary N) is 1. The molecule has 1 atom stereocenters. The van der Waals surface area contributed by atoms with Crippen LogP contribution in [0.1, 0.15) is 41.8 Å². The molecule has 0 fully saturated rings. The van der Waals surface area contributed by atoms with Crippen molar-refractivity contribution in [1.29, 1.82) is 0 Å². The van der Waals surface area contributed by atoms with E-state index in [9.17, 15) is 9.90 Å². The number of benzene rings is 1. The van der Waals surface area contributed by atoms with E-state index in [2.05, 4.69) is 5.32 Å². The SMILES string of the molecule is Cc1ccc(C(O)CNC(=O)c2ccc(OC(C)C)cc2)o1. The fraction of sp³-hybridized carbons (Fsp3) is 0.353. The van der Waals surface area contributed by atoms with Gasteiger partial charge < -0.3 is 19.6 Å². The van der Waals surface area contributed by atoms with Crippen LogP contribution in [-0.4, -0.2) is 23.7 Å². The number of aliphatic hydroxyl groups excluding tert-OH is 1. The highest BCUT2D eigenvalue weighted by atomic mass is 16.5. The molecule has 1 unspecified atom stereocenters. The van der Waals surface area contributed by atoms with Crippen molar-refractivity contribution in [1.82, 2.24) is 5.32 Å². The number of rotatable bonds is 6. The fourth-order valence-corrected chi connectivity index (χ4v) is 1.98. The van der Waals surface area contributed by atoms with E-state index in [0.717, 1.165) is 11.5 Å². The minimum atomic E-state index is -0.860. The summed E-state index contributed by atoms with van der Waals surface area (Å²) >= 11 is 0. The monoisotopic (exact) mass is 303 g/mol. The molecule has 5 nitrogen and oxygen atoms in total. The van der Waals surface area contributed by atoms with Crippen molar-refractivity contribution in [2.45, 2.75) is 33.0 Å². The first-order valence-corrected chi connectivity index (χ1v) is 7.25. The van der Waals surface area contributed by atoms with Crippen LogP contribution in [0.15, 0.2) is 40.8 Å². The second-order valence-electron chi connectivity index (χ2n) is 5.37. The topological polar surface area (TPSA) is 71.7 Å². The van der Waals surface area contributed by atoms with Crippen LogP contribution in [0.3, 0.4) is 0 Å². The Hall–Kier alpha value is -2.27. The zero-order chi connectivity index (χ0) is 16.1. The van der Waals surface area contributed by atoms with Crippen LogP contribution in [0.25, 0.3) is 0 Å². The Balaban J connectivity index is 1.89. The Morgan fingerprint density at radius 3 is 2.45 bits per heavy atom. The summed E-state index contributed by atoms with van der Waals surface area (Å²) in [5, 5.41) is 12.6. The predicted molar refractivity (Wildman–Crippen MR) is 82.9 cm³/mol. The van der Waals surface area contributed by atoms with Gasteiger partial charge in [-0.15, -0.1) is 0 Å². The molecule has 0 aliphatic carbocycles. The van der Waals surface area contributed by atoms with Crippen molar-refractivity contribution in [3.05, 3.63) is 53.5 Å². The molecule has 0 bridgehead atoms. The summed E-state index contributed by atoms with van der Waals surface area (Å²) in [4.78, 5) is 12.0. The number of furan rings is 1. The summed E-state index contributed by atoms with van der Waals surface area (Å²) in [5.41, 5.74) is 0.513. The molecule has 0 aliphatic rings. The molecule has 118 valence electrons. The summed E-state index contributed by atoms with van der Waals surface area (Å²) in [6.07, 6.45) is -0.771.